The number of rotatable bonds is 4. The van der Waals surface area contributed by atoms with Gasteiger partial charge < -0.3 is 29.2 Å². The van der Waals surface area contributed by atoms with Crippen molar-refractivity contribution < 1.29 is 19.1 Å². The molecule has 0 atom stereocenters. The second-order valence-electron chi connectivity index (χ2n) is 15.1. The standard InChI is InChI=1S/C19H23ClN4O3.C19H24N4O3/c1-19(2,3)27-18(26)24-10-6-12(7-11-24)15-14(20)17(25)23-16(22-15)13-4-8-21-9-5-13;1-19(2,3)26-18(25)23-10-6-13(7-11-23)15-12-16(24)22-17(21-15)14-4-8-20-9-5-14/h4-5,8-9,12H,6-7,10-11H2,1-3H3,(H,22,23,25);4-5,8-9,12-13H,6-7,10-11H2,1-3H3,(H,21,22,24). The summed E-state index contributed by atoms with van der Waals surface area (Å²) in [7, 11) is 0. The Balaban J connectivity index is 0.000000204. The fourth-order valence-corrected chi connectivity index (χ4v) is 6.32. The van der Waals surface area contributed by atoms with Crippen molar-refractivity contribution in [1.82, 2.24) is 39.7 Å². The molecule has 4 aromatic heterocycles. The Morgan fingerprint density at radius 2 is 1.13 bits per heavy atom. The number of carbonyl (C=O) groups is 2. The van der Waals surface area contributed by atoms with E-state index >= 15 is 0 Å². The third kappa shape index (κ3) is 11.0. The molecule has 0 spiro atoms. The Bertz CT molecular complexity index is 1980. The molecule has 2 aliphatic rings. The number of H-pyrrole nitrogens is 2. The van der Waals surface area contributed by atoms with Crippen LogP contribution in [-0.2, 0) is 9.47 Å². The molecule has 2 saturated heterocycles. The van der Waals surface area contributed by atoms with E-state index in [2.05, 4.69) is 29.9 Å². The fourth-order valence-electron chi connectivity index (χ4n) is 6.07. The largest absolute Gasteiger partial charge is 0.444 e. The minimum absolute atomic E-state index is 0.0130. The van der Waals surface area contributed by atoms with Crippen molar-refractivity contribution in [3.8, 4) is 22.8 Å². The van der Waals surface area contributed by atoms with Gasteiger partial charge in [-0.2, -0.15) is 0 Å². The summed E-state index contributed by atoms with van der Waals surface area (Å²) >= 11 is 6.25. The first-order valence-electron chi connectivity index (χ1n) is 17.7. The zero-order chi connectivity index (χ0) is 38.3. The Labute approximate surface area is 313 Å². The maximum Gasteiger partial charge on any atom is 0.410 e. The van der Waals surface area contributed by atoms with Gasteiger partial charge in [-0.1, -0.05) is 11.6 Å². The molecule has 4 aromatic rings. The molecule has 0 aliphatic carbocycles. The molecule has 0 bridgehead atoms. The number of likely N-dealkylation sites (tertiary alicyclic amines) is 2. The number of hydrogen-bond donors (Lipinski definition) is 2. The summed E-state index contributed by atoms with van der Waals surface area (Å²) in [4.78, 5) is 74.8. The van der Waals surface area contributed by atoms with Crippen molar-refractivity contribution in [3.05, 3.63) is 92.2 Å². The molecule has 282 valence electrons. The molecule has 15 heteroatoms. The number of ether oxygens (including phenoxy) is 2. The van der Waals surface area contributed by atoms with Gasteiger partial charge in [-0.25, -0.2) is 19.6 Å². The van der Waals surface area contributed by atoms with Crippen LogP contribution >= 0.6 is 11.6 Å². The van der Waals surface area contributed by atoms with Crippen LogP contribution in [0, 0.1) is 0 Å². The van der Waals surface area contributed by atoms with Crippen molar-refractivity contribution in [2.24, 2.45) is 0 Å². The number of hydrogen-bond acceptors (Lipinski definition) is 10. The molecule has 6 rings (SSSR count). The predicted molar refractivity (Wildman–Crippen MR) is 201 cm³/mol. The van der Waals surface area contributed by atoms with Crippen molar-refractivity contribution in [2.75, 3.05) is 26.2 Å². The van der Waals surface area contributed by atoms with Crippen LogP contribution in [0.4, 0.5) is 9.59 Å². The van der Waals surface area contributed by atoms with Crippen LogP contribution in [0.5, 0.6) is 0 Å². The van der Waals surface area contributed by atoms with E-state index in [0.717, 1.165) is 29.7 Å². The highest BCUT2D eigenvalue weighted by Gasteiger charge is 2.31. The molecule has 53 heavy (non-hydrogen) atoms. The molecule has 0 aromatic carbocycles. The number of piperidine rings is 2. The van der Waals surface area contributed by atoms with Gasteiger partial charge in [-0.05, 0) is 91.5 Å². The molecular weight excluding hydrogens is 700 g/mol. The summed E-state index contributed by atoms with van der Waals surface area (Å²) in [5.41, 5.74) is 1.39. The van der Waals surface area contributed by atoms with Crippen molar-refractivity contribution in [3.63, 3.8) is 0 Å². The molecule has 14 nitrogen and oxygen atoms in total. The van der Waals surface area contributed by atoms with E-state index in [0.29, 0.717) is 56.4 Å². The Morgan fingerprint density at radius 1 is 0.698 bits per heavy atom. The molecule has 2 aliphatic heterocycles. The van der Waals surface area contributed by atoms with Gasteiger partial charge in [0, 0.05) is 80.0 Å². The Hall–Kier alpha value is -5.11. The van der Waals surface area contributed by atoms with Gasteiger partial charge in [0.1, 0.15) is 27.9 Å². The average molecular weight is 747 g/mol. The highest BCUT2D eigenvalue weighted by atomic mass is 35.5. The summed E-state index contributed by atoms with van der Waals surface area (Å²) in [6, 6.07) is 8.74. The number of carbonyl (C=O) groups excluding carboxylic acids is 2. The number of aromatic amines is 2. The molecule has 0 unspecified atom stereocenters. The predicted octanol–water partition coefficient (Wildman–Crippen LogP) is 6.55. The van der Waals surface area contributed by atoms with E-state index in [-0.39, 0.29) is 40.2 Å². The van der Waals surface area contributed by atoms with Gasteiger partial charge in [0.05, 0.1) is 11.4 Å². The topological polar surface area (TPSA) is 176 Å². The molecule has 2 fully saturated rings. The molecular formula is C38H47ClN8O6. The van der Waals surface area contributed by atoms with Gasteiger partial charge in [0.25, 0.3) is 11.1 Å². The van der Waals surface area contributed by atoms with Gasteiger partial charge in [0.2, 0.25) is 0 Å². The van der Waals surface area contributed by atoms with Crippen molar-refractivity contribution >= 4 is 23.8 Å². The molecule has 2 amide bonds. The first kappa shape index (κ1) is 39.1. The van der Waals surface area contributed by atoms with Crippen molar-refractivity contribution in [2.45, 2.75) is 90.3 Å². The van der Waals surface area contributed by atoms with E-state index in [1.165, 1.54) is 0 Å². The van der Waals surface area contributed by atoms with Gasteiger partial charge in [-0.15, -0.1) is 0 Å². The van der Waals surface area contributed by atoms with Gasteiger partial charge in [0.15, 0.2) is 0 Å². The first-order valence-corrected chi connectivity index (χ1v) is 18.1. The minimum atomic E-state index is -0.523. The van der Waals surface area contributed by atoms with E-state index in [1.54, 1.807) is 52.8 Å². The number of halogens is 1. The molecule has 0 saturated carbocycles. The average Bonchev–Trinajstić information content (AvgIpc) is 3.12. The van der Waals surface area contributed by atoms with E-state index < -0.39 is 11.2 Å². The van der Waals surface area contributed by atoms with Crippen LogP contribution in [0.1, 0.15) is 90.4 Å². The van der Waals surface area contributed by atoms with Crippen LogP contribution < -0.4 is 11.1 Å². The third-order valence-corrected chi connectivity index (χ3v) is 9.02. The maximum atomic E-state index is 12.3. The van der Waals surface area contributed by atoms with Crippen molar-refractivity contribution in [1.29, 1.82) is 0 Å². The highest BCUT2D eigenvalue weighted by Crippen LogP contribution is 2.32. The first-order chi connectivity index (χ1) is 25.1. The summed E-state index contributed by atoms with van der Waals surface area (Å²) in [6.07, 6.45) is 8.87. The normalized spacial score (nSPS) is 15.7. The van der Waals surface area contributed by atoms with Crippen LogP contribution in [0.2, 0.25) is 5.02 Å². The minimum Gasteiger partial charge on any atom is -0.444 e. The molecule has 2 N–H and O–H groups in total. The number of nitrogens with zero attached hydrogens (tertiary/aromatic N) is 6. The molecule has 0 radical (unpaired) electrons. The Morgan fingerprint density at radius 3 is 1.58 bits per heavy atom. The second-order valence-corrected chi connectivity index (χ2v) is 15.5. The zero-order valence-corrected chi connectivity index (χ0v) is 31.8. The Kier molecular flexibility index (Phi) is 12.3. The number of amides is 2. The van der Waals surface area contributed by atoms with Crippen LogP contribution in [0.15, 0.2) is 64.7 Å². The lowest BCUT2D eigenvalue weighted by Crippen LogP contribution is -2.41. The number of aromatic nitrogens is 6. The third-order valence-electron chi connectivity index (χ3n) is 8.66. The smallest absolute Gasteiger partial charge is 0.410 e. The summed E-state index contributed by atoms with van der Waals surface area (Å²) in [5.74, 6) is 1.18. The van der Waals surface area contributed by atoms with E-state index in [1.807, 2.05) is 53.7 Å². The summed E-state index contributed by atoms with van der Waals surface area (Å²) in [6.45, 7) is 13.4. The molecule has 6 heterocycles. The number of pyridine rings is 2. The van der Waals surface area contributed by atoms with E-state index in [4.69, 9.17) is 21.1 Å². The lowest BCUT2D eigenvalue weighted by Gasteiger charge is -2.33. The summed E-state index contributed by atoms with van der Waals surface area (Å²) < 4.78 is 10.8. The lowest BCUT2D eigenvalue weighted by molar-refractivity contribution is 0.0193. The van der Waals surface area contributed by atoms with Gasteiger partial charge in [-0.3, -0.25) is 19.6 Å². The van der Waals surface area contributed by atoms with Crippen LogP contribution in [0.25, 0.3) is 22.8 Å². The van der Waals surface area contributed by atoms with Crippen LogP contribution in [0.3, 0.4) is 0 Å². The monoisotopic (exact) mass is 746 g/mol. The summed E-state index contributed by atoms with van der Waals surface area (Å²) in [5, 5.41) is 0.114. The zero-order valence-electron chi connectivity index (χ0n) is 31.0. The highest BCUT2D eigenvalue weighted by molar-refractivity contribution is 6.31. The van der Waals surface area contributed by atoms with Crippen LogP contribution in [-0.4, -0.2) is 89.3 Å². The second kappa shape index (κ2) is 16.7. The fraction of sp³-hybridized carbons (Fsp3) is 0.474. The SMILES string of the molecule is CC(C)(C)OC(=O)N1CCC(c2cc(=O)[nH]c(-c3ccncc3)n2)CC1.CC(C)(C)OC(=O)N1CCC(c2nc(-c3ccncc3)[nH]c(=O)c2Cl)CC1. The van der Waals surface area contributed by atoms with Gasteiger partial charge >= 0.3 is 12.2 Å². The number of nitrogens with one attached hydrogen (secondary N) is 2. The maximum absolute atomic E-state index is 12.3. The quantitative estimate of drug-likeness (QED) is 0.233. The lowest BCUT2D eigenvalue weighted by atomic mass is 9.93. The van der Waals surface area contributed by atoms with E-state index in [9.17, 15) is 19.2 Å².